The highest BCUT2D eigenvalue weighted by Gasteiger charge is 2.45. The van der Waals surface area contributed by atoms with Crippen molar-refractivity contribution < 1.29 is 19.4 Å². The van der Waals surface area contributed by atoms with Crippen LogP contribution in [0.3, 0.4) is 0 Å². The standard InChI is InChI=1S/C22H25N3O4/c1-14-13-16(5-6-17(14)29-4)20(26)18-19(15-7-9-23-10-8-15)25(12-11-24(2)3)22(28)21(18)27/h5-10,13,19,26H,11-12H2,1-4H3/t19-/m0/s1. The summed E-state index contributed by atoms with van der Waals surface area (Å²) in [6, 6.07) is 7.99. The minimum atomic E-state index is -0.684. The molecule has 7 heteroatoms. The Bertz CT molecular complexity index is 954. The number of likely N-dealkylation sites (tertiary alicyclic amines) is 1. The Kier molecular flexibility index (Phi) is 5.98. The lowest BCUT2D eigenvalue weighted by Crippen LogP contribution is -2.35. The molecule has 2 heterocycles. The molecule has 1 N–H and O–H groups in total. The van der Waals surface area contributed by atoms with E-state index >= 15 is 0 Å². The molecule has 1 atom stereocenters. The SMILES string of the molecule is COc1ccc(C(O)=C2C(=O)C(=O)N(CCN(C)C)[C@H]2c2ccncc2)cc1C. The normalized spacial score (nSPS) is 18.5. The number of carbonyl (C=O) groups is 2. The maximum Gasteiger partial charge on any atom is 0.295 e. The lowest BCUT2D eigenvalue weighted by Gasteiger charge is -2.26. The second kappa shape index (κ2) is 8.45. The summed E-state index contributed by atoms with van der Waals surface area (Å²) in [5.74, 6) is -0.807. The highest BCUT2D eigenvalue weighted by atomic mass is 16.5. The van der Waals surface area contributed by atoms with E-state index in [2.05, 4.69) is 4.98 Å². The van der Waals surface area contributed by atoms with Crippen LogP contribution < -0.4 is 4.74 Å². The molecule has 1 aromatic heterocycles. The molecule has 0 unspecified atom stereocenters. The first kappa shape index (κ1) is 20.5. The van der Waals surface area contributed by atoms with E-state index in [-0.39, 0.29) is 11.3 Å². The summed E-state index contributed by atoms with van der Waals surface area (Å²) in [5.41, 5.74) is 2.10. The largest absolute Gasteiger partial charge is 0.507 e. The minimum Gasteiger partial charge on any atom is -0.507 e. The van der Waals surface area contributed by atoms with Gasteiger partial charge in [-0.25, -0.2) is 0 Å². The summed E-state index contributed by atoms with van der Waals surface area (Å²) in [7, 11) is 5.37. The Morgan fingerprint density at radius 2 is 1.90 bits per heavy atom. The van der Waals surface area contributed by atoms with Crippen LogP contribution in [0.4, 0.5) is 0 Å². The van der Waals surface area contributed by atoms with Crippen LogP contribution >= 0.6 is 0 Å². The number of aryl methyl sites for hydroxylation is 1. The molecular formula is C22H25N3O4. The van der Waals surface area contributed by atoms with Crippen LogP contribution in [0.5, 0.6) is 5.75 Å². The molecule has 0 radical (unpaired) electrons. The van der Waals surface area contributed by atoms with E-state index in [9.17, 15) is 14.7 Å². The van der Waals surface area contributed by atoms with Crippen molar-refractivity contribution >= 4 is 17.4 Å². The number of aliphatic hydroxyl groups excluding tert-OH is 1. The first-order chi connectivity index (χ1) is 13.8. The number of aliphatic hydroxyl groups is 1. The lowest BCUT2D eigenvalue weighted by molar-refractivity contribution is -0.140. The molecule has 0 spiro atoms. The highest BCUT2D eigenvalue weighted by molar-refractivity contribution is 6.46. The smallest absolute Gasteiger partial charge is 0.295 e. The Hall–Kier alpha value is -3.19. The molecule has 152 valence electrons. The number of likely N-dealkylation sites (N-methyl/N-ethyl adjacent to an activating group) is 1. The van der Waals surface area contributed by atoms with E-state index in [4.69, 9.17) is 4.74 Å². The van der Waals surface area contributed by atoms with Crippen molar-refractivity contribution in [2.75, 3.05) is 34.3 Å². The fourth-order valence-electron chi connectivity index (χ4n) is 3.49. The molecule has 1 amide bonds. The number of rotatable bonds is 6. The van der Waals surface area contributed by atoms with Crippen LogP contribution in [0.25, 0.3) is 5.76 Å². The highest BCUT2D eigenvalue weighted by Crippen LogP contribution is 2.39. The van der Waals surface area contributed by atoms with Gasteiger partial charge in [-0.15, -0.1) is 0 Å². The summed E-state index contributed by atoms with van der Waals surface area (Å²) < 4.78 is 5.27. The van der Waals surface area contributed by atoms with Gasteiger partial charge < -0.3 is 19.6 Å². The monoisotopic (exact) mass is 395 g/mol. The van der Waals surface area contributed by atoms with Gasteiger partial charge in [0.2, 0.25) is 0 Å². The number of nitrogens with zero attached hydrogens (tertiary/aromatic N) is 3. The first-order valence-electron chi connectivity index (χ1n) is 9.33. The number of Topliss-reactive ketones (excluding diaryl/α,β-unsaturated/α-hetero) is 1. The van der Waals surface area contributed by atoms with E-state index in [0.29, 0.717) is 24.4 Å². The van der Waals surface area contributed by atoms with Crippen LogP contribution in [0.2, 0.25) is 0 Å². The first-order valence-corrected chi connectivity index (χ1v) is 9.33. The van der Waals surface area contributed by atoms with Gasteiger partial charge in [-0.3, -0.25) is 14.6 Å². The van der Waals surface area contributed by atoms with Crippen molar-refractivity contribution in [1.82, 2.24) is 14.8 Å². The minimum absolute atomic E-state index is 0.0875. The molecule has 0 bridgehead atoms. The number of pyridine rings is 1. The number of ether oxygens (including phenoxy) is 1. The van der Waals surface area contributed by atoms with Gasteiger partial charge in [0, 0.05) is 31.0 Å². The number of benzene rings is 1. The number of amides is 1. The number of hydrogen-bond acceptors (Lipinski definition) is 6. The zero-order chi connectivity index (χ0) is 21.1. The maximum atomic E-state index is 12.9. The van der Waals surface area contributed by atoms with Crippen LogP contribution in [0.15, 0.2) is 48.3 Å². The van der Waals surface area contributed by atoms with E-state index in [1.807, 2.05) is 25.9 Å². The van der Waals surface area contributed by atoms with Crippen molar-refractivity contribution in [3.8, 4) is 5.75 Å². The van der Waals surface area contributed by atoms with Gasteiger partial charge in [-0.05, 0) is 62.5 Å². The molecule has 29 heavy (non-hydrogen) atoms. The van der Waals surface area contributed by atoms with Gasteiger partial charge in [0.1, 0.15) is 11.5 Å². The maximum absolute atomic E-state index is 12.9. The summed E-state index contributed by atoms with van der Waals surface area (Å²) in [6.07, 6.45) is 3.22. The van der Waals surface area contributed by atoms with Crippen LogP contribution in [-0.2, 0) is 9.59 Å². The third kappa shape index (κ3) is 4.00. The van der Waals surface area contributed by atoms with Gasteiger partial charge in [0.05, 0.1) is 18.7 Å². The van der Waals surface area contributed by atoms with Gasteiger partial charge >= 0.3 is 0 Å². The summed E-state index contributed by atoms with van der Waals surface area (Å²) in [4.78, 5) is 33.2. The number of methoxy groups -OCH3 is 1. The topological polar surface area (TPSA) is 83.0 Å². The predicted octanol–water partition coefficient (Wildman–Crippen LogP) is 2.38. The number of aromatic nitrogens is 1. The third-order valence-corrected chi connectivity index (χ3v) is 5.02. The average Bonchev–Trinajstić information content (AvgIpc) is 2.97. The van der Waals surface area contributed by atoms with Crippen LogP contribution in [0, 0.1) is 6.92 Å². The molecule has 1 aliphatic rings. The lowest BCUT2D eigenvalue weighted by atomic mass is 9.95. The molecule has 1 saturated heterocycles. The van der Waals surface area contributed by atoms with Crippen molar-refractivity contribution in [1.29, 1.82) is 0 Å². The van der Waals surface area contributed by atoms with Crippen molar-refractivity contribution in [3.05, 3.63) is 65.0 Å². The molecule has 2 aromatic rings. The molecule has 1 aliphatic heterocycles. The third-order valence-electron chi connectivity index (χ3n) is 5.02. The van der Waals surface area contributed by atoms with E-state index in [1.165, 1.54) is 4.90 Å². The molecule has 1 fully saturated rings. The molecule has 1 aromatic carbocycles. The number of ketones is 1. The molecule has 7 nitrogen and oxygen atoms in total. The summed E-state index contributed by atoms with van der Waals surface area (Å²) in [6.45, 7) is 2.81. The van der Waals surface area contributed by atoms with Crippen molar-refractivity contribution in [2.24, 2.45) is 0 Å². The zero-order valence-corrected chi connectivity index (χ0v) is 17.0. The summed E-state index contributed by atoms with van der Waals surface area (Å²) >= 11 is 0. The Morgan fingerprint density at radius 1 is 1.21 bits per heavy atom. The quantitative estimate of drug-likeness (QED) is 0.459. The van der Waals surface area contributed by atoms with Crippen molar-refractivity contribution in [3.63, 3.8) is 0 Å². The second-order valence-electron chi connectivity index (χ2n) is 7.26. The number of hydrogen-bond donors (Lipinski definition) is 1. The fourth-order valence-corrected chi connectivity index (χ4v) is 3.49. The van der Waals surface area contributed by atoms with E-state index in [0.717, 1.165) is 11.1 Å². The van der Waals surface area contributed by atoms with Crippen LogP contribution in [0.1, 0.15) is 22.7 Å². The molecular weight excluding hydrogens is 370 g/mol. The summed E-state index contributed by atoms with van der Waals surface area (Å²) in [5, 5.41) is 11.0. The van der Waals surface area contributed by atoms with Gasteiger partial charge in [0.15, 0.2) is 0 Å². The van der Waals surface area contributed by atoms with Gasteiger partial charge in [0.25, 0.3) is 11.7 Å². The van der Waals surface area contributed by atoms with Crippen molar-refractivity contribution in [2.45, 2.75) is 13.0 Å². The molecule has 0 saturated carbocycles. The average molecular weight is 395 g/mol. The Morgan fingerprint density at radius 3 is 2.48 bits per heavy atom. The van der Waals surface area contributed by atoms with Gasteiger partial charge in [-0.1, -0.05) is 0 Å². The Labute approximate surface area is 170 Å². The number of carbonyl (C=O) groups excluding carboxylic acids is 2. The van der Waals surface area contributed by atoms with E-state index in [1.54, 1.807) is 49.8 Å². The molecule has 0 aliphatic carbocycles. The van der Waals surface area contributed by atoms with Crippen LogP contribution in [-0.4, -0.2) is 65.9 Å². The zero-order valence-electron chi connectivity index (χ0n) is 17.0. The fraction of sp³-hybridized carbons (Fsp3) is 0.318. The van der Waals surface area contributed by atoms with E-state index < -0.39 is 17.7 Å². The molecule has 3 rings (SSSR count). The second-order valence-corrected chi connectivity index (χ2v) is 7.26. The van der Waals surface area contributed by atoms with Gasteiger partial charge in [-0.2, -0.15) is 0 Å². The predicted molar refractivity (Wildman–Crippen MR) is 110 cm³/mol. The Balaban J connectivity index is 2.13.